The molecular weight excluding hydrogens is 320 g/mol. The second kappa shape index (κ2) is 4.48. The molecule has 0 bridgehead atoms. The molecule has 0 aromatic heterocycles. The van der Waals surface area contributed by atoms with Crippen LogP contribution >= 0.6 is 11.8 Å². The van der Waals surface area contributed by atoms with Crippen LogP contribution < -0.4 is 5.73 Å². The molecule has 0 amide bonds. The van der Waals surface area contributed by atoms with Gasteiger partial charge in [0.05, 0.1) is 18.7 Å². The highest BCUT2D eigenvalue weighted by molar-refractivity contribution is 8.00. The summed E-state index contributed by atoms with van der Waals surface area (Å²) in [6.07, 6.45) is 3.78. The van der Waals surface area contributed by atoms with Gasteiger partial charge in [-0.25, -0.2) is 4.99 Å². The van der Waals surface area contributed by atoms with Crippen LogP contribution in [0.2, 0.25) is 0 Å². The van der Waals surface area contributed by atoms with Gasteiger partial charge in [-0.1, -0.05) is 32.5 Å². The van der Waals surface area contributed by atoms with Gasteiger partial charge in [0.15, 0.2) is 5.41 Å². The molecule has 6 heteroatoms. The van der Waals surface area contributed by atoms with E-state index in [-0.39, 0.29) is 5.41 Å². The third kappa shape index (κ3) is 1.38. The molecule has 2 aliphatic carbocycles. The highest BCUT2D eigenvalue weighted by atomic mass is 32.2. The van der Waals surface area contributed by atoms with Crippen LogP contribution in [0.25, 0.3) is 0 Å². The van der Waals surface area contributed by atoms with E-state index in [9.17, 15) is 10.5 Å². The minimum atomic E-state index is -0.963. The molecule has 4 aliphatic rings. The zero-order chi connectivity index (χ0) is 17.4. The monoisotopic (exact) mass is 344 g/mol. The molecule has 128 valence electrons. The Balaban J connectivity index is 1.78. The number of hydrogen-bond acceptors (Lipinski definition) is 6. The summed E-state index contributed by atoms with van der Waals surface area (Å²) in [5.41, 5.74) is 4.26. The average molecular weight is 344 g/mol. The van der Waals surface area contributed by atoms with Gasteiger partial charge in [0.1, 0.15) is 11.3 Å². The third-order valence-corrected chi connectivity index (χ3v) is 8.42. The number of amidine groups is 1. The van der Waals surface area contributed by atoms with E-state index in [1.807, 2.05) is 0 Å². The lowest BCUT2D eigenvalue weighted by Gasteiger charge is -2.40. The lowest BCUT2D eigenvalue weighted by atomic mass is 9.65. The van der Waals surface area contributed by atoms with Crippen molar-refractivity contribution in [2.75, 3.05) is 12.4 Å². The summed E-state index contributed by atoms with van der Waals surface area (Å²) in [4.78, 5) is 4.54. The lowest BCUT2D eigenvalue weighted by Crippen LogP contribution is -2.40. The molecule has 2 saturated carbocycles. The van der Waals surface area contributed by atoms with Gasteiger partial charge in [0.25, 0.3) is 0 Å². The number of rotatable bonds is 0. The molecule has 2 aliphatic heterocycles. The third-order valence-electron chi connectivity index (χ3n) is 7.14. The number of thioether (sulfide) groups is 1. The predicted octanol–water partition coefficient (Wildman–Crippen LogP) is 3.03. The second-order valence-corrected chi connectivity index (χ2v) is 9.97. The van der Waals surface area contributed by atoms with Gasteiger partial charge in [-0.05, 0) is 37.0 Å². The van der Waals surface area contributed by atoms with Gasteiger partial charge in [-0.15, -0.1) is 0 Å². The Morgan fingerprint density at radius 1 is 1.25 bits per heavy atom. The first-order valence-electron chi connectivity index (χ1n) is 8.73. The Hall–Kier alpha value is -1.24. The first-order valence-corrected chi connectivity index (χ1v) is 9.72. The maximum atomic E-state index is 10.2. The van der Waals surface area contributed by atoms with Crippen LogP contribution in [0.3, 0.4) is 0 Å². The molecule has 2 spiro atoms. The van der Waals surface area contributed by atoms with E-state index in [0.29, 0.717) is 18.4 Å². The maximum Gasteiger partial charge on any atom is 0.230 e. The Kier molecular flexibility index (Phi) is 3.03. The van der Waals surface area contributed by atoms with Crippen molar-refractivity contribution in [2.45, 2.75) is 51.5 Å². The van der Waals surface area contributed by atoms with Crippen LogP contribution in [-0.4, -0.2) is 23.3 Å². The first-order chi connectivity index (χ1) is 11.3. The van der Waals surface area contributed by atoms with Crippen molar-refractivity contribution in [2.24, 2.45) is 38.3 Å². The quantitative estimate of drug-likeness (QED) is 0.729. The fraction of sp³-hybridized carbons (Fsp3) is 0.833. The van der Waals surface area contributed by atoms with Crippen LogP contribution in [0, 0.1) is 50.2 Å². The molecule has 0 radical (unpaired) electrons. The van der Waals surface area contributed by atoms with Crippen molar-refractivity contribution < 1.29 is 4.74 Å². The molecule has 24 heavy (non-hydrogen) atoms. The number of ether oxygens (including phenoxy) is 1. The molecule has 0 aromatic rings. The minimum absolute atomic E-state index is 0.251. The highest BCUT2D eigenvalue weighted by Crippen LogP contribution is 2.90. The Morgan fingerprint density at radius 2 is 1.92 bits per heavy atom. The van der Waals surface area contributed by atoms with Gasteiger partial charge < -0.3 is 10.5 Å². The Labute approximate surface area is 147 Å². The summed E-state index contributed by atoms with van der Waals surface area (Å²) in [6.45, 7) is 7.39. The normalized spacial score (nSPS) is 49.5. The number of nitriles is 2. The van der Waals surface area contributed by atoms with Gasteiger partial charge in [-0.2, -0.15) is 10.5 Å². The van der Waals surface area contributed by atoms with E-state index < -0.39 is 21.3 Å². The zero-order valence-electron chi connectivity index (χ0n) is 14.6. The van der Waals surface area contributed by atoms with E-state index in [0.717, 1.165) is 31.4 Å². The largest absolute Gasteiger partial charge is 0.386 e. The van der Waals surface area contributed by atoms with Crippen LogP contribution in [0.15, 0.2) is 4.99 Å². The molecule has 0 aromatic carbocycles. The molecule has 2 N–H and O–H groups in total. The van der Waals surface area contributed by atoms with Crippen molar-refractivity contribution in [1.29, 1.82) is 10.5 Å². The Bertz CT molecular complexity index is 698. The van der Waals surface area contributed by atoms with Crippen LogP contribution in [0.4, 0.5) is 0 Å². The topological polar surface area (TPSA) is 95.2 Å². The van der Waals surface area contributed by atoms with Gasteiger partial charge in [0.2, 0.25) is 5.06 Å². The number of aliphatic imine (C=N–C) groups is 1. The summed E-state index contributed by atoms with van der Waals surface area (Å²) in [5.74, 6) is 1.74. The fourth-order valence-electron chi connectivity index (χ4n) is 5.91. The molecular formula is C18H24N4OS. The summed E-state index contributed by atoms with van der Waals surface area (Å²) in [6, 6.07) is 4.97. The fourth-order valence-corrected chi connectivity index (χ4v) is 7.30. The second-order valence-electron chi connectivity index (χ2n) is 8.72. The lowest BCUT2D eigenvalue weighted by molar-refractivity contribution is -0.00256. The van der Waals surface area contributed by atoms with E-state index >= 15 is 0 Å². The SMILES string of the molecule is CC(C)(C)C1CCC2(CC1)[C@@]1(C#N)[C@@]3(N=C(N)[C@@]21C#N)OCCS3. The summed E-state index contributed by atoms with van der Waals surface area (Å²) >= 11 is 1.55. The molecule has 5 nitrogen and oxygen atoms in total. The molecule has 1 saturated heterocycles. The zero-order valence-corrected chi connectivity index (χ0v) is 15.4. The van der Waals surface area contributed by atoms with Gasteiger partial charge >= 0.3 is 0 Å². The van der Waals surface area contributed by atoms with Crippen molar-refractivity contribution in [3.63, 3.8) is 0 Å². The van der Waals surface area contributed by atoms with Crippen molar-refractivity contribution in [3.8, 4) is 12.1 Å². The van der Waals surface area contributed by atoms with Gasteiger partial charge in [0, 0.05) is 11.2 Å². The molecule has 3 fully saturated rings. The summed E-state index contributed by atoms with van der Waals surface area (Å²) in [5, 5.41) is 19.4. The van der Waals surface area contributed by atoms with Crippen molar-refractivity contribution in [1.82, 2.24) is 0 Å². The number of fused-ring (bicyclic) bond motifs is 4. The van der Waals surface area contributed by atoms with Crippen molar-refractivity contribution >= 4 is 17.6 Å². The maximum absolute atomic E-state index is 10.2. The molecule has 4 rings (SSSR count). The van der Waals surface area contributed by atoms with E-state index in [2.05, 4.69) is 37.9 Å². The summed E-state index contributed by atoms with van der Waals surface area (Å²) in [7, 11) is 0. The van der Waals surface area contributed by atoms with Crippen LogP contribution in [-0.2, 0) is 4.74 Å². The van der Waals surface area contributed by atoms with E-state index in [4.69, 9.17) is 10.5 Å². The standard InChI is InChI=1S/C18H24N4OS/c1-14(2,3)12-4-6-15(7-5-12)16(10-19)13(21)22-18(17(15,16)11-20)23-8-9-24-18/h12H,4-9H2,1-3H3,(H2,21,22)/t12?,15?,16-,17+,18+/m0/s1. The number of hydrogen-bond donors (Lipinski definition) is 1. The number of nitrogens with zero attached hydrogens (tertiary/aromatic N) is 3. The van der Waals surface area contributed by atoms with Gasteiger partial charge in [-0.3, -0.25) is 0 Å². The van der Waals surface area contributed by atoms with Crippen LogP contribution in [0.5, 0.6) is 0 Å². The van der Waals surface area contributed by atoms with Crippen LogP contribution in [0.1, 0.15) is 46.5 Å². The van der Waals surface area contributed by atoms with E-state index in [1.165, 1.54) is 0 Å². The predicted molar refractivity (Wildman–Crippen MR) is 92.7 cm³/mol. The molecule has 3 atom stereocenters. The average Bonchev–Trinajstić information content (AvgIpc) is 2.82. The molecule has 2 heterocycles. The smallest absolute Gasteiger partial charge is 0.230 e. The molecule has 0 unspecified atom stereocenters. The minimum Gasteiger partial charge on any atom is -0.386 e. The first kappa shape index (κ1) is 16.2. The summed E-state index contributed by atoms with van der Waals surface area (Å²) < 4.78 is 5.99. The highest BCUT2D eigenvalue weighted by Gasteiger charge is 2.99. The van der Waals surface area contributed by atoms with Crippen molar-refractivity contribution in [3.05, 3.63) is 0 Å². The van der Waals surface area contributed by atoms with E-state index in [1.54, 1.807) is 11.8 Å². The number of nitrogens with two attached hydrogens (primary N) is 1. The Morgan fingerprint density at radius 3 is 2.38 bits per heavy atom.